The van der Waals surface area contributed by atoms with Gasteiger partial charge >= 0.3 is 0 Å². The Morgan fingerprint density at radius 3 is 2.69 bits per heavy atom. The van der Waals surface area contributed by atoms with Crippen LogP contribution in [0.3, 0.4) is 0 Å². The van der Waals surface area contributed by atoms with E-state index in [9.17, 15) is 9.59 Å². The monoisotopic (exact) mass is 441 g/mol. The van der Waals surface area contributed by atoms with Crippen LogP contribution in [-0.4, -0.2) is 63.1 Å². The minimum Gasteiger partial charge on any atom is -0.361 e. The van der Waals surface area contributed by atoms with Crippen LogP contribution >= 0.6 is 0 Å². The Balaban J connectivity index is 1.40. The second kappa shape index (κ2) is 9.88. The SMILES string of the molecule is Cc1noc(C)c1CCC(=O)N1CCC[C@H](c2[nH]ncc2C(=O)N(C)C2CCCCC2)C1. The van der Waals surface area contributed by atoms with Gasteiger partial charge in [0, 0.05) is 44.1 Å². The summed E-state index contributed by atoms with van der Waals surface area (Å²) in [6.07, 6.45) is 10.4. The fourth-order valence-electron chi connectivity index (χ4n) is 5.29. The maximum atomic E-state index is 13.3. The molecule has 2 aromatic heterocycles. The number of nitrogens with zero attached hydrogens (tertiary/aromatic N) is 4. The lowest BCUT2D eigenvalue weighted by Crippen LogP contribution is -2.41. The Labute approximate surface area is 189 Å². The third-order valence-corrected chi connectivity index (χ3v) is 7.29. The van der Waals surface area contributed by atoms with E-state index in [1.165, 1.54) is 19.3 Å². The van der Waals surface area contributed by atoms with Crippen LogP contribution in [0, 0.1) is 13.8 Å². The van der Waals surface area contributed by atoms with E-state index in [4.69, 9.17) is 4.52 Å². The molecule has 8 heteroatoms. The van der Waals surface area contributed by atoms with Gasteiger partial charge in [0.2, 0.25) is 5.91 Å². The van der Waals surface area contributed by atoms with Crippen LogP contribution in [0.15, 0.2) is 10.7 Å². The topological polar surface area (TPSA) is 95.3 Å². The lowest BCUT2D eigenvalue weighted by molar-refractivity contribution is -0.132. The summed E-state index contributed by atoms with van der Waals surface area (Å²) in [7, 11) is 1.92. The molecule has 0 unspecified atom stereocenters. The van der Waals surface area contributed by atoms with E-state index >= 15 is 0 Å². The second-order valence-corrected chi connectivity index (χ2v) is 9.39. The van der Waals surface area contributed by atoms with Gasteiger partial charge in [-0.1, -0.05) is 24.4 Å². The van der Waals surface area contributed by atoms with E-state index in [1.807, 2.05) is 30.7 Å². The Hall–Kier alpha value is -2.64. The molecule has 1 N–H and O–H groups in total. The van der Waals surface area contributed by atoms with Crippen molar-refractivity contribution < 1.29 is 14.1 Å². The standard InChI is InChI=1S/C24H35N5O3/c1-16-20(17(2)32-27-16)11-12-22(30)29-13-7-8-18(15-29)23-21(14-25-26-23)24(31)28(3)19-9-5-4-6-10-19/h14,18-19H,4-13,15H2,1-3H3,(H,25,26)/t18-/m0/s1. The summed E-state index contributed by atoms with van der Waals surface area (Å²) in [4.78, 5) is 30.0. The van der Waals surface area contributed by atoms with Crippen molar-refractivity contribution in [2.75, 3.05) is 20.1 Å². The number of carbonyl (C=O) groups is 2. The predicted octanol–water partition coefficient (Wildman–Crippen LogP) is 3.76. The molecule has 174 valence electrons. The molecule has 2 fully saturated rings. The van der Waals surface area contributed by atoms with Crippen LogP contribution in [0.25, 0.3) is 0 Å². The van der Waals surface area contributed by atoms with Crippen molar-refractivity contribution in [3.05, 3.63) is 34.5 Å². The first-order valence-corrected chi connectivity index (χ1v) is 12.0. The second-order valence-electron chi connectivity index (χ2n) is 9.39. The fourth-order valence-corrected chi connectivity index (χ4v) is 5.29. The third-order valence-electron chi connectivity index (χ3n) is 7.29. The number of aromatic nitrogens is 3. The van der Waals surface area contributed by atoms with Gasteiger partial charge in [0.1, 0.15) is 5.76 Å². The van der Waals surface area contributed by atoms with Crippen molar-refractivity contribution in [2.45, 2.75) is 83.6 Å². The van der Waals surface area contributed by atoms with Gasteiger partial charge in [-0.25, -0.2) is 0 Å². The lowest BCUT2D eigenvalue weighted by atomic mass is 9.91. The third kappa shape index (κ3) is 4.74. The van der Waals surface area contributed by atoms with Crippen molar-refractivity contribution >= 4 is 11.8 Å². The van der Waals surface area contributed by atoms with Crippen molar-refractivity contribution in [1.82, 2.24) is 25.2 Å². The number of hydrogen-bond acceptors (Lipinski definition) is 5. The number of H-pyrrole nitrogens is 1. The summed E-state index contributed by atoms with van der Waals surface area (Å²) in [5, 5.41) is 11.3. The van der Waals surface area contributed by atoms with Gasteiger partial charge in [0.25, 0.3) is 5.91 Å². The number of likely N-dealkylation sites (tertiary alicyclic amines) is 1. The van der Waals surface area contributed by atoms with Crippen LogP contribution in [0.2, 0.25) is 0 Å². The molecule has 1 saturated carbocycles. The molecule has 3 heterocycles. The maximum absolute atomic E-state index is 13.3. The number of nitrogens with one attached hydrogen (secondary N) is 1. The van der Waals surface area contributed by atoms with Crippen molar-refractivity contribution in [1.29, 1.82) is 0 Å². The minimum absolute atomic E-state index is 0.0440. The molecule has 1 saturated heterocycles. The zero-order chi connectivity index (χ0) is 22.7. The zero-order valence-electron chi connectivity index (χ0n) is 19.5. The molecule has 32 heavy (non-hydrogen) atoms. The van der Waals surface area contributed by atoms with Crippen LogP contribution in [0.1, 0.15) is 90.4 Å². The molecule has 2 aliphatic rings. The molecule has 0 bridgehead atoms. The normalized spacial score (nSPS) is 19.8. The van der Waals surface area contributed by atoms with E-state index in [0.717, 1.165) is 54.9 Å². The summed E-state index contributed by atoms with van der Waals surface area (Å²) >= 11 is 0. The average molecular weight is 442 g/mol. The Bertz CT molecular complexity index is 924. The van der Waals surface area contributed by atoms with E-state index in [0.29, 0.717) is 31.0 Å². The molecule has 1 aliphatic carbocycles. The summed E-state index contributed by atoms with van der Waals surface area (Å²) < 4.78 is 5.22. The molecule has 0 aromatic carbocycles. The number of rotatable bonds is 6. The molecule has 1 aliphatic heterocycles. The molecule has 4 rings (SSSR count). The highest BCUT2D eigenvalue weighted by atomic mass is 16.5. The maximum Gasteiger partial charge on any atom is 0.257 e. The molecule has 0 radical (unpaired) electrons. The fraction of sp³-hybridized carbons (Fsp3) is 0.667. The molecular formula is C24H35N5O3. The van der Waals surface area contributed by atoms with Gasteiger partial charge in [-0.3, -0.25) is 14.7 Å². The van der Waals surface area contributed by atoms with Crippen molar-refractivity contribution in [2.24, 2.45) is 0 Å². The lowest BCUT2D eigenvalue weighted by Gasteiger charge is -2.34. The Morgan fingerprint density at radius 1 is 1.19 bits per heavy atom. The first-order chi connectivity index (χ1) is 15.5. The number of piperidine rings is 1. The first-order valence-electron chi connectivity index (χ1n) is 12.0. The van der Waals surface area contributed by atoms with Crippen molar-refractivity contribution in [3.8, 4) is 0 Å². The van der Waals surface area contributed by atoms with E-state index in [2.05, 4.69) is 15.4 Å². The van der Waals surface area contributed by atoms with Gasteiger partial charge in [-0.05, 0) is 46.0 Å². The van der Waals surface area contributed by atoms with Crippen LogP contribution < -0.4 is 0 Å². The number of carbonyl (C=O) groups excluding carboxylic acids is 2. The summed E-state index contributed by atoms with van der Waals surface area (Å²) in [5.74, 6) is 1.08. The summed E-state index contributed by atoms with van der Waals surface area (Å²) in [6, 6.07) is 0.313. The van der Waals surface area contributed by atoms with E-state index in [-0.39, 0.29) is 17.7 Å². The highest BCUT2D eigenvalue weighted by molar-refractivity contribution is 5.95. The van der Waals surface area contributed by atoms with Crippen molar-refractivity contribution in [3.63, 3.8) is 0 Å². The highest BCUT2D eigenvalue weighted by Crippen LogP contribution is 2.30. The molecule has 2 amide bonds. The molecular weight excluding hydrogens is 406 g/mol. The van der Waals surface area contributed by atoms with Gasteiger partial charge in [0.15, 0.2) is 0 Å². The largest absolute Gasteiger partial charge is 0.361 e. The number of amides is 2. The van der Waals surface area contributed by atoms with E-state index in [1.54, 1.807) is 6.20 Å². The van der Waals surface area contributed by atoms with Gasteiger partial charge in [0.05, 0.1) is 23.1 Å². The smallest absolute Gasteiger partial charge is 0.257 e. The molecule has 8 nitrogen and oxygen atoms in total. The Morgan fingerprint density at radius 2 is 1.97 bits per heavy atom. The number of aryl methyl sites for hydroxylation is 2. The predicted molar refractivity (Wildman–Crippen MR) is 120 cm³/mol. The summed E-state index contributed by atoms with van der Waals surface area (Å²) in [5.41, 5.74) is 3.42. The highest BCUT2D eigenvalue weighted by Gasteiger charge is 2.31. The number of hydrogen-bond donors (Lipinski definition) is 1. The number of aromatic amines is 1. The first kappa shape index (κ1) is 22.6. The zero-order valence-corrected chi connectivity index (χ0v) is 19.5. The Kier molecular flexibility index (Phi) is 6.96. The molecule has 0 spiro atoms. The van der Waals surface area contributed by atoms with Crippen LogP contribution in [0.5, 0.6) is 0 Å². The van der Waals surface area contributed by atoms with Gasteiger partial charge in [-0.15, -0.1) is 0 Å². The average Bonchev–Trinajstić information content (AvgIpc) is 3.44. The minimum atomic E-state index is 0.0440. The summed E-state index contributed by atoms with van der Waals surface area (Å²) in [6.45, 7) is 5.18. The van der Waals surface area contributed by atoms with Crippen LogP contribution in [-0.2, 0) is 11.2 Å². The molecule has 2 aromatic rings. The van der Waals surface area contributed by atoms with E-state index < -0.39 is 0 Å². The van der Waals surface area contributed by atoms with Gasteiger partial charge < -0.3 is 14.3 Å². The van der Waals surface area contributed by atoms with Crippen LogP contribution in [0.4, 0.5) is 0 Å². The molecule has 1 atom stereocenters. The quantitative estimate of drug-likeness (QED) is 0.736. The van der Waals surface area contributed by atoms with Gasteiger partial charge in [-0.2, -0.15) is 5.10 Å².